The van der Waals surface area contributed by atoms with Gasteiger partial charge in [0.15, 0.2) is 6.73 Å². The lowest BCUT2D eigenvalue weighted by atomic mass is 10.2. The number of aryl methyl sites for hydroxylation is 1. The lowest BCUT2D eigenvalue weighted by molar-refractivity contribution is 0.0945. The fourth-order valence-corrected chi connectivity index (χ4v) is 2.68. The number of nitrogens with one attached hydrogen (secondary N) is 1. The van der Waals surface area contributed by atoms with Gasteiger partial charge in [-0.15, -0.1) is 0 Å². The van der Waals surface area contributed by atoms with Crippen LogP contribution in [0.25, 0.3) is 0 Å². The topological polar surface area (TPSA) is 74.0 Å². The van der Waals surface area contributed by atoms with E-state index in [4.69, 9.17) is 16.3 Å². The Morgan fingerprint density at radius 2 is 2.19 bits per heavy atom. The van der Waals surface area contributed by atoms with E-state index < -0.39 is 0 Å². The first-order valence-corrected chi connectivity index (χ1v) is 9.07. The van der Waals surface area contributed by atoms with Crippen LogP contribution >= 0.6 is 27.5 Å². The maximum atomic E-state index is 12.1. The van der Waals surface area contributed by atoms with Crippen molar-refractivity contribution in [2.24, 2.45) is 0 Å². The zero-order chi connectivity index (χ0) is 18.5. The number of carbonyl (C=O) groups excluding carboxylic acids is 1. The van der Waals surface area contributed by atoms with Crippen LogP contribution in [0.3, 0.4) is 0 Å². The Hall–Kier alpha value is -2.32. The lowest BCUT2D eigenvalue weighted by Gasteiger charge is -2.07. The predicted molar refractivity (Wildman–Crippen MR) is 101 cm³/mol. The largest absolute Gasteiger partial charge is 0.471 e. The van der Waals surface area contributed by atoms with Crippen molar-refractivity contribution in [1.29, 1.82) is 0 Å². The van der Waals surface area contributed by atoms with Gasteiger partial charge in [-0.3, -0.25) is 9.48 Å². The van der Waals surface area contributed by atoms with Crippen LogP contribution in [0.2, 0.25) is 5.02 Å². The summed E-state index contributed by atoms with van der Waals surface area (Å²) < 4.78 is 9.86. The van der Waals surface area contributed by atoms with E-state index in [2.05, 4.69) is 31.4 Å². The van der Waals surface area contributed by atoms with Crippen molar-refractivity contribution in [1.82, 2.24) is 24.9 Å². The third-order valence-electron chi connectivity index (χ3n) is 3.59. The van der Waals surface area contributed by atoms with Gasteiger partial charge in [-0.2, -0.15) is 10.2 Å². The molecule has 1 aromatic carbocycles. The molecule has 7 nitrogen and oxygen atoms in total. The summed E-state index contributed by atoms with van der Waals surface area (Å²) in [6.45, 7) is 3.15. The molecule has 0 saturated heterocycles. The summed E-state index contributed by atoms with van der Waals surface area (Å²) in [5.41, 5.74) is 1.27. The van der Waals surface area contributed by atoms with Gasteiger partial charge >= 0.3 is 0 Å². The number of benzene rings is 1. The molecule has 0 aliphatic heterocycles. The maximum Gasteiger partial charge on any atom is 0.271 e. The molecular formula is C17H17BrClN5O2. The lowest BCUT2D eigenvalue weighted by Crippen LogP contribution is -2.27. The molecule has 3 aromatic rings. The second kappa shape index (κ2) is 8.37. The average molecular weight is 439 g/mol. The van der Waals surface area contributed by atoms with E-state index in [0.29, 0.717) is 29.6 Å². The normalized spacial score (nSPS) is 10.7. The molecule has 3 rings (SSSR count). The number of halogens is 2. The van der Waals surface area contributed by atoms with Crippen molar-refractivity contribution in [2.75, 3.05) is 6.54 Å². The summed E-state index contributed by atoms with van der Waals surface area (Å²) in [6.07, 6.45) is 5.24. The molecule has 0 bridgehead atoms. The first-order chi connectivity index (χ1) is 12.5. The molecular weight excluding hydrogens is 422 g/mol. The summed E-state index contributed by atoms with van der Waals surface area (Å²) in [4.78, 5) is 12.1. The van der Waals surface area contributed by atoms with Crippen molar-refractivity contribution in [3.05, 3.63) is 63.6 Å². The number of hydrogen-bond donors (Lipinski definition) is 1. The van der Waals surface area contributed by atoms with Crippen LogP contribution in [0.5, 0.6) is 5.75 Å². The molecule has 0 atom stereocenters. The van der Waals surface area contributed by atoms with Crippen molar-refractivity contribution >= 4 is 33.4 Å². The predicted octanol–water partition coefficient (Wildman–Crippen LogP) is 3.27. The zero-order valence-electron chi connectivity index (χ0n) is 14.0. The standard InChI is InChI=1S/C17H17BrClN5O2/c1-12-8-14(2-3-15(12)19)26-11-24-6-4-16(22-24)17(25)20-5-7-23-10-13(18)9-21-23/h2-4,6,8-10H,5,7,11H2,1H3,(H,20,25). The molecule has 0 aliphatic carbocycles. The number of aromatic nitrogens is 4. The molecule has 0 radical (unpaired) electrons. The highest BCUT2D eigenvalue weighted by atomic mass is 79.9. The molecule has 136 valence electrons. The number of carbonyl (C=O) groups is 1. The highest BCUT2D eigenvalue weighted by Gasteiger charge is 2.09. The van der Waals surface area contributed by atoms with Gasteiger partial charge in [0.25, 0.3) is 5.91 Å². The molecule has 2 aromatic heterocycles. The Morgan fingerprint density at radius 1 is 1.35 bits per heavy atom. The first-order valence-electron chi connectivity index (χ1n) is 7.90. The highest BCUT2D eigenvalue weighted by molar-refractivity contribution is 9.10. The second-order valence-corrected chi connectivity index (χ2v) is 6.93. The van der Waals surface area contributed by atoms with Crippen LogP contribution in [0.1, 0.15) is 16.1 Å². The van der Waals surface area contributed by atoms with Gasteiger partial charge in [0.05, 0.1) is 17.2 Å². The van der Waals surface area contributed by atoms with Gasteiger partial charge in [0, 0.05) is 24.0 Å². The highest BCUT2D eigenvalue weighted by Crippen LogP contribution is 2.21. The molecule has 0 fully saturated rings. The Morgan fingerprint density at radius 3 is 2.92 bits per heavy atom. The Bertz CT molecular complexity index is 908. The molecule has 26 heavy (non-hydrogen) atoms. The molecule has 1 amide bonds. The van der Waals surface area contributed by atoms with Crippen molar-refractivity contribution in [3.8, 4) is 5.75 Å². The third-order valence-corrected chi connectivity index (χ3v) is 4.43. The molecule has 0 aliphatic rings. The quantitative estimate of drug-likeness (QED) is 0.614. The summed E-state index contributed by atoms with van der Waals surface area (Å²) in [5.74, 6) is 0.455. The SMILES string of the molecule is Cc1cc(OCn2ccc(C(=O)NCCn3cc(Br)cn3)n2)ccc1Cl. The zero-order valence-corrected chi connectivity index (χ0v) is 16.4. The Balaban J connectivity index is 1.48. The number of ether oxygens (including phenoxy) is 1. The number of amides is 1. The molecule has 9 heteroatoms. The Kier molecular flexibility index (Phi) is 5.95. The van der Waals surface area contributed by atoms with Gasteiger partial charge in [-0.05, 0) is 52.7 Å². The van der Waals surface area contributed by atoms with E-state index >= 15 is 0 Å². The van der Waals surface area contributed by atoms with Crippen LogP contribution in [0, 0.1) is 6.92 Å². The van der Waals surface area contributed by atoms with Crippen LogP contribution in [-0.4, -0.2) is 32.0 Å². The first kappa shape index (κ1) is 18.5. The molecule has 1 N–H and O–H groups in total. The van der Waals surface area contributed by atoms with Gasteiger partial charge in [-0.1, -0.05) is 11.6 Å². The summed E-state index contributed by atoms with van der Waals surface area (Å²) in [7, 11) is 0. The fraction of sp³-hybridized carbons (Fsp3) is 0.235. The van der Waals surface area contributed by atoms with E-state index in [-0.39, 0.29) is 12.6 Å². The molecule has 0 unspecified atom stereocenters. The number of hydrogen-bond acceptors (Lipinski definition) is 4. The monoisotopic (exact) mass is 437 g/mol. The Labute approximate surface area is 164 Å². The van der Waals surface area contributed by atoms with Crippen LogP contribution < -0.4 is 10.1 Å². The summed E-state index contributed by atoms with van der Waals surface area (Å²) in [6, 6.07) is 7.08. The summed E-state index contributed by atoms with van der Waals surface area (Å²) in [5, 5.41) is 11.9. The van der Waals surface area contributed by atoms with Crippen molar-refractivity contribution in [3.63, 3.8) is 0 Å². The van der Waals surface area contributed by atoms with E-state index in [1.54, 1.807) is 40.0 Å². The van der Waals surface area contributed by atoms with Crippen LogP contribution in [-0.2, 0) is 13.3 Å². The van der Waals surface area contributed by atoms with E-state index in [0.717, 1.165) is 10.0 Å². The summed E-state index contributed by atoms with van der Waals surface area (Å²) >= 11 is 9.32. The van der Waals surface area contributed by atoms with Crippen LogP contribution in [0.15, 0.2) is 47.3 Å². The molecule has 0 saturated carbocycles. The maximum absolute atomic E-state index is 12.1. The fourth-order valence-electron chi connectivity index (χ4n) is 2.24. The van der Waals surface area contributed by atoms with E-state index in [1.165, 1.54) is 0 Å². The number of nitrogens with zero attached hydrogens (tertiary/aromatic N) is 4. The average Bonchev–Trinajstić information content (AvgIpc) is 3.25. The van der Waals surface area contributed by atoms with Gasteiger partial charge in [0.2, 0.25) is 0 Å². The minimum atomic E-state index is -0.239. The van der Waals surface area contributed by atoms with E-state index in [9.17, 15) is 4.79 Å². The third kappa shape index (κ3) is 4.86. The van der Waals surface area contributed by atoms with Crippen molar-refractivity contribution in [2.45, 2.75) is 20.2 Å². The van der Waals surface area contributed by atoms with Gasteiger partial charge in [-0.25, -0.2) is 4.68 Å². The molecule has 2 heterocycles. The molecule has 0 spiro atoms. The second-order valence-electron chi connectivity index (χ2n) is 5.60. The van der Waals surface area contributed by atoms with Gasteiger partial charge in [0.1, 0.15) is 11.4 Å². The van der Waals surface area contributed by atoms with Crippen molar-refractivity contribution < 1.29 is 9.53 Å². The minimum absolute atomic E-state index is 0.204. The minimum Gasteiger partial charge on any atom is -0.471 e. The van der Waals surface area contributed by atoms with Gasteiger partial charge < -0.3 is 10.1 Å². The smallest absolute Gasteiger partial charge is 0.271 e. The van der Waals surface area contributed by atoms with Crippen LogP contribution in [0.4, 0.5) is 0 Å². The number of rotatable bonds is 7. The van der Waals surface area contributed by atoms with E-state index in [1.807, 2.05) is 19.2 Å².